The first kappa shape index (κ1) is 19.7. The van der Waals surface area contributed by atoms with Gasteiger partial charge in [-0.2, -0.15) is 0 Å². The van der Waals surface area contributed by atoms with Gasteiger partial charge in [-0.1, -0.05) is 57.9 Å². The lowest BCUT2D eigenvalue weighted by atomic mass is 9.97. The summed E-state index contributed by atoms with van der Waals surface area (Å²) in [4.78, 5) is 0. The Hall–Kier alpha value is -0.340. The summed E-state index contributed by atoms with van der Waals surface area (Å²) in [7, 11) is 0. The Morgan fingerprint density at radius 3 is 2.00 bits per heavy atom. The summed E-state index contributed by atoms with van der Waals surface area (Å²) >= 11 is 0. The molecule has 0 aromatic carbocycles. The monoisotopic (exact) mass is 284 g/mol. The lowest BCUT2D eigenvalue weighted by molar-refractivity contribution is -0.0345. The van der Waals surface area contributed by atoms with Crippen molar-refractivity contribution in [3.63, 3.8) is 0 Å². The lowest BCUT2D eigenvalue weighted by Crippen LogP contribution is -2.29. The summed E-state index contributed by atoms with van der Waals surface area (Å²) in [6.07, 6.45) is 12.8. The average Bonchev–Trinajstić information content (AvgIpc) is 2.36. The molecular weight excluding hydrogens is 248 g/mol. The molecule has 1 unspecified atom stereocenters. The number of rotatable bonds is 13. The molecule has 0 aliphatic heterocycles. The largest absolute Gasteiger partial charge is 0.390 e. The highest BCUT2D eigenvalue weighted by Gasteiger charge is 2.22. The van der Waals surface area contributed by atoms with Crippen molar-refractivity contribution in [2.45, 2.75) is 96.7 Å². The standard InChI is InChI=1S/C18H36O2/c1-6-8-9-10-11-12-13-14-18(5,7-2)20-16-15-17(3,4)19/h7,19H,2,6,8-16H2,1,3-5H3. The summed E-state index contributed by atoms with van der Waals surface area (Å²) in [5.41, 5.74) is -0.893. The molecule has 2 nitrogen and oxygen atoms in total. The Kier molecular flexibility index (Phi) is 10.2. The van der Waals surface area contributed by atoms with E-state index in [9.17, 15) is 5.11 Å². The Morgan fingerprint density at radius 2 is 1.50 bits per heavy atom. The van der Waals surface area contributed by atoms with Crippen molar-refractivity contribution in [3.8, 4) is 0 Å². The third kappa shape index (κ3) is 11.5. The zero-order chi connectivity index (χ0) is 15.5. The zero-order valence-corrected chi connectivity index (χ0v) is 14.2. The summed E-state index contributed by atoms with van der Waals surface area (Å²) in [5, 5.41) is 9.70. The van der Waals surface area contributed by atoms with Crippen molar-refractivity contribution in [1.82, 2.24) is 0 Å². The molecule has 0 aliphatic rings. The molecule has 0 spiro atoms. The lowest BCUT2D eigenvalue weighted by Gasteiger charge is -2.28. The molecule has 0 aromatic rings. The van der Waals surface area contributed by atoms with Gasteiger partial charge in [0.2, 0.25) is 0 Å². The van der Waals surface area contributed by atoms with Gasteiger partial charge in [-0.25, -0.2) is 0 Å². The fourth-order valence-corrected chi connectivity index (χ4v) is 2.20. The minimum absolute atomic E-state index is 0.241. The zero-order valence-electron chi connectivity index (χ0n) is 14.2. The number of hydrogen-bond acceptors (Lipinski definition) is 2. The van der Waals surface area contributed by atoms with E-state index in [-0.39, 0.29) is 5.60 Å². The van der Waals surface area contributed by atoms with E-state index in [4.69, 9.17) is 4.74 Å². The van der Waals surface area contributed by atoms with Crippen LogP contribution in [0.2, 0.25) is 0 Å². The molecule has 0 saturated carbocycles. The predicted octanol–water partition coefficient (Wildman–Crippen LogP) is 5.25. The van der Waals surface area contributed by atoms with Crippen LogP contribution < -0.4 is 0 Å². The second kappa shape index (κ2) is 10.4. The van der Waals surface area contributed by atoms with Crippen LogP contribution in [0.25, 0.3) is 0 Å². The summed E-state index contributed by atoms with van der Waals surface area (Å²) in [5.74, 6) is 0. The highest BCUT2D eigenvalue weighted by Crippen LogP contribution is 2.22. The number of hydrogen-bond donors (Lipinski definition) is 1. The molecule has 0 heterocycles. The van der Waals surface area contributed by atoms with Crippen molar-refractivity contribution in [2.24, 2.45) is 0 Å². The van der Waals surface area contributed by atoms with Crippen LogP contribution in [-0.4, -0.2) is 22.9 Å². The Labute approximate surface area is 126 Å². The van der Waals surface area contributed by atoms with Crippen molar-refractivity contribution < 1.29 is 9.84 Å². The maximum atomic E-state index is 9.70. The van der Waals surface area contributed by atoms with Gasteiger partial charge in [0.25, 0.3) is 0 Å². The maximum absolute atomic E-state index is 9.70. The van der Waals surface area contributed by atoms with Crippen LogP contribution in [0.15, 0.2) is 12.7 Å². The van der Waals surface area contributed by atoms with E-state index < -0.39 is 5.60 Å². The minimum atomic E-state index is -0.651. The Morgan fingerprint density at radius 1 is 0.950 bits per heavy atom. The molecule has 1 N–H and O–H groups in total. The third-order valence-electron chi connectivity index (χ3n) is 3.85. The van der Waals surface area contributed by atoms with Crippen LogP contribution in [0.1, 0.15) is 85.5 Å². The molecule has 120 valence electrons. The predicted molar refractivity (Wildman–Crippen MR) is 88.1 cm³/mol. The van der Waals surface area contributed by atoms with E-state index in [1.165, 1.54) is 44.9 Å². The molecule has 2 heteroatoms. The number of unbranched alkanes of at least 4 members (excludes halogenated alkanes) is 6. The van der Waals surface area contributed by atoms with E-state index in [1.54, 1.807) is 0 Å². The van der Waals surface area contributed by atoms with Crippen molar-refractivity contribution in [2.75, 3.05) is 6.61 Å². The number of aliphatic hydroxyl groups is 1. The number of ether oxygens (including phenoxy) is 1. The van der Waals surface area contributed by atoms with Gasteiger partial charge in [-0.15, -0.1) is 6.58 Å². The molecule has 1 atom stereocenters. The highest BCUT2D eigenvalue weighted by atomic mass is 16.5. The first-order valence-electron chi connectivity index (χ1n) is 8.33. The van der Waals surface area contributed by atoms with Crippen molar-refractivity contribution in [1.29, 1.82) is 0 Å². The minimum Gasteiger partial charge on any atom is -0.390 e. The van der Waals surface area contributed by atoms with Gasteiger partial charge in [0.1, 0.15) is 0 Å². The molecule has 0 saturated heterocycles. The van der Waals surface area contributed by atoms with Crippen LogP contribution in [0.5, 0.6) is 0 Å². The fraction of sp³-hybridized carbons (Fsp3) is 0.889. The smallest absolute Gasteiger partial charge is 0.0831 e. The van der Waals surface area contributed by atoms with E-state index >= 15 is 0 Å². The normalized spacial score (nSPS) is 15.1. The summed E-state index contributed by atoms with van der Waals surface area (Å²) in [6.45, 7) is 12.5. The van der Waals surface area contributed by atoms with Crippen LogP contribution in [0, 0.1) is 0 Å². The van der Waals surface area contributed by atoms with Crippen LogP contribution in [0.4, 0.5) is 0 Å². The van der Waals surface area contributed by atoms with Gasteiger partial charge >= 0.3 is 0 Å². The van der Waals surface area contributed by atoms with Gasteiger partial charge in [-0.3, -0.25) is 0 Å². The quantitative estimate of drug-likeness (QED) is 0.370. The second-order valence-corrected chi connectivity index (χ2v) is 6.80. The van der Waals surface area contributed by atoms with Gasteiger partial charge in [0.15, 0.2) is 0 Å². The van der Waals surface area contributed by atoms with Crippen molar-refractivity contribution in [3.05, 3.63) is 12.7 Å². The Balaban J connectivity index is 3.74. The molecule has 0 amide bonds. The van der Waals surface area contributed by atoms with Gasteiger partial charge in [-0.05, 0) is 33.6 Å². The molecule has 0 aromatic heterocycles. The van der Waals surface area contributed by atoms with E-state index in [2.05, 4.69) is 20.4 Å². The molecule has 0 aliphatic carbocycles. The fourth-order valence-electron chi connectivity index (χ4n) is 2.20. The maximum Gasteiger partial charge on any atom is 0.0831 e. The molecule has 20 heavy (non-hydrogen) atoms. The van der Waals surface area contributed by atoms with Crippen LogP contribution in [0.3, 0.4) is 0 Å². The van der Waals surface area contributed by atoms with Crippen molar-refractivity contribution >= 4 is 0 Å². The molecule has 0 rings (SSSR count). The van der Waals surface area contributed by atoms with Crippen LogP contribution >= 0.6 is 0 Å². The topological polar surface area (TPSA) is 29.5 Å². The first-order valence-corrected chi connectivity index (χ1v) is 8.33. The second-order valence-electron chi connectivity index (χ2n) is 6.80. The molecule has 0 fully saturated rings. The third-order valence-corrected chi connectivity index (χ3v) is 3.85. The van der Waals surface area contributed by atoms with Gasteiger partial charge in [0, 0.05) is 0 Å². The van der Waals surface area contributed by atoms with E-state index in [0.29, 0.717) is 13.0 Å². The molecular formula is C18H36O2. The Bertz CT molecular complexity index is 242. The highest BCUT2D eigenvalue weighted by molar-refractivity contribution is 4.93. The molecule has 0 bridgehead atoms. The van der Waals surface area contributed by atoms with E-state index in [0.717, 1.165) is 6.42 Å². The van der Waals surface area contributed by atoms with Gasteiger partial charge < -0.3 is 9.84 Å². The summed E-state index contributed by atoms with van der Waals surface area (Å²) in [6, 6.07) is 0. The molecule has 0 radical (unpaired) electrons. The first-order chi connectivity index (χ1) is 9.33. The average molecular weight is 284 g/mol. The van der Waals surface area contributed by atoms with Crippen LogP contribution in [-0.2, 0) is 4.74 Å². The van der Waals surface area contributed by atoms with Gasteiger partial charge in [0.05, 0.1) is 17.8 Å². The summed E-state index contributed by atoms with van der Waals surface area (Å²) < 4.78 is 5.92. The van der Waals surface area contributed by atoms with E-state index in [1.807, 2.05) is 19.9 Å². The SMILES string of the molecule is C=CC(C)(CCCCCCCCC)OCCC(C)(C)O.